The molecule has 13 heavy (non-hydrogen) atoms. The van der Waals surface area contributed by atoms with Crippen molar-refractivity contribution in [2.24, 2.45) is 23.3 Å². The maximum Gasteiger partial charge on any atom is 0.231 e. The van der Waals surface area contributed by atoms with Gasteiger partial charge in [0, 0.05) is 13.1 Å². The van der Waals surface area contributed by atoms with E-state index in [-0.39, 0.29) is 30.2 Å². The Kier molecular flexibility index (Phi) is 2.87. The lowest BCUT2D eigenvalue weighted by Crippen LogP contribution is -2.33. The molecule has 1 saturated heterocycles. The number of nitrogens with zero attached hydrogens (tertiary/aromatic N) is 1. The zero-order chi connectivity index (χ0) is 10.0. The third-order valence-corrected chi connectivity index (χ3v) is 2.43. The van der Waals surface area contributed by atoms with Crippen molar-refractivity contribution in [2.75, 3.05) is 19.6 Å². The van der Waals surface area contributed by atoms with Gasteiger partial charge in [-0.15, -0.1) is 0 Å². The summed E-state index contributed by atoms with van der Waals surface area (Å²) in [6.45, 7) is 3.44. The van der Waals surface area contributed by atoms with Gasteiger partial charge in [-0.05, 0) is 5.92 Å². The third kappa shape index (κ3) is 2.42. The van der Waals surface area contributed by atoms with E-state index in [1.807, 2.05) is 11.8 Å². The van der Waals surface area contributed by atoms with Gasteiger partial charge in [-0.25, -0.2) is 0 Å². The second-order valence-corrected chi connectivity index (χ2v) is 3.65. The van der Waals surface area contributed by atoms with Crippen LogP contribution < -0.4 is 11.5 Å². The van der Waals surface area contributed by atoms with Crippen LogP contribution in [0.2, 0.25) is 0 Å². The van der Waals surface area contributed by atoms with Crippen LogP contribution in [0.5, 0.6) is 0 Å². The summed E-state index contributed by atoms with van der Waals surface area (Å²) in [5.74, 6) is -0.576. The van der Waals surface area contributed by atoms with Crippen LogP contribution in [-0.2, 0) is 9.59 Å². The number of amides is 2. The Balaban J connectivity index is 2.50. The second kappa shape index (κ2) is 3.74. The molecule has 0 aromatic carbocycles. The highest BCUT2D eigenvalue weighted by atomic mass is 16.1. The number of likely N-dealkylation sites (tertiary alicyclic amines) is 1. The SMILES string of the molecule is C[C@@H]1CN(CC(N)=O)C[C@H]1C(N)=O. The normalized spacial score (nSPS) is 29.0. The van der Waals surface area contributed by atoms with E-state index < -0.39 is 0 Å². The number of rotatable bonds is 3. The van der Waals surface area contributed by atoms with E-state index in [0.29, 0.717) is 6.54 Å². The molecule has 0 aliphatic carbocycles. The topological polar surface area (TPSA) is 89.4 Å². The van der Waals surface area contributed by atoms with Crippen LogP contribution in [0, 0.1) is 11.8 Å². The highest BCUT2D eigenvalue weighted by Gasteiger charge is 2.33. The van der Waals surface area contributed by atoms with Crippen LogP contribution in [0.15, 0.2) is 0 Å². The number of carbonyl (C=O) groups excluding carboxylic acids is 2. The summed E-state index contributed by atoms with van der Waals surface area (Å²) < 4.78 is 0. The molecule has 1 aliphatic rings. The van der Waals surface area contributed by atoms with Gasteiger partial charge >= 0.3 is 0 Å². The second-order valence-electron chi connectivity index (χ2n) is 3.65. The molecule has 2 atom stereocenters. The molecule has 1 rings (SSSR count). The molecule has 0 spiro atoms. The van der Waals surface area contributed by atoms with Crippen LogP contribution in [0.4, 0.5) is 0 Å². The number of primary amides is 2. The summed E-state index contributed by atoms with van der Waals surface area (Å²) in [5.41, 5.74) is 10.2. The number of carbonyl (C=O) groups is 2. The molecule has 0 saturated carbocycles. The zero-order valence-electron chi connectivity index (χ0n) is 7.69. The summed E-state index contributed by atoms with van der Waals surface area (Å²) in [6, 6.07) is 0. The molecule has 1 fully saturated rings. The van der Waals surface area contributed by atoms with Crippen molar-refractivity contribution in [1.82, 2.24) is 4.90 Å². The number of hydrogen-bond donors (Lipinski definition) is 2. The number of nitrogens with two attached hydrogens (primary N) is 2. The van der Waals surface area contributed by atoms with Crippen LogP contribution in [0.1, 0.15) is 6.92 Å². The third-order valence-electron chi connectivity index (χ3n) is 2.43. The van der Waals surface area contributed by atoms with Gasteiger partial charge in [-0.3, -0.25) is 14.5 Å². The maximum absolute atomic E-state index is 10.9. The van der Waals surface area contributed by atoms with Gasteiger partial charge in [-0.2, -0.15) is 0 Å². The van der Waals surface area contributed by atoms with E-state index in [9.17, 15) is 9.59 Å². The first kappa shape index (κ1) is 9.98. The maximum atomic E-state index is 10.9. The smallest absolute Gasteiger partial charge is 0.231 e. The van der Waals surface area contributed by atoms with Crippen LogP contribution in [-0.4, -0.2) is 36.3 Å². The molecule has 0 bridgehead atoms. The molecule has 0 aromatic rings. The minimum absolute atomic E-state index is 0.139. The predicted octanol–water partition coefficient (Wildman–Crippen LogP) is -1.48. The first-order valence-corrected chi connectivity index (χ1v) is 4.30. The quantitative estimate of drug-likeness (QED) is 0.562. The van der Waals surface area contributed by atoms with Crippen molar-refractivity contribution in [3.8, 4) is 0 Å². The molecule has 5 nitrogen and oxygen atoms in total. The fourth-order valence-corrected chi connectivity index (χ4v) is 1.79. The van der Waals surface area contributed by atoms with Crippen molar-refractivity contribution in [1.29, 1.82) is 0 Å². The van der Waals surface area contributed by atoms with Crippen molar-refractivity contribution in [3.05, 3.63) is 0 Å². The molecule has 0 radical (unpaired) electrons. The fourth-order valence-electron chi connectivity index (χ4n) is 1.79. The van der Waals surface area contributed by atoms with Crippen molar-refractivity contribution in [3.63, 3.8) is 0 Å². The molecular formula is C8H15N3O2. The largest absolute Gasteiger partial charge is 0.369 e. The van der Waals surface area contributed by atoms with Crippen molar-refractivity contribution in [2.45, 2.75) is 6.92 Å². The monoisotopic (exact) mass is 185 g/mol. The van der Waals surface area contributed by atoms with E-state index in [1.165, 1.54) is 0 Å². The highest BCUT2D eigenvalue weighted by Crippen LogP contribution is 2.21. The van der Waals surface area contributed by atoms with Gasteiger partial charge in [0.1, 0.15) is 0 Å². The Morgan fingerprint density at radius 1 is 1.38 bits per heavy atom. The van der Waals surface area contributed by atoms with Gasteiger partial charge in [0.15, 0.2) is 0 Å². The Bertz CT molecular complexity index is 229. The van der Waals surface area contributed by atoms with Crippen molar-refractivity contribution >= 4 is 11.8 Å². The Labute approximate surface area is 77.1 Å². The van der Waals surface area contributed by atoms with Gasteiger partial charge in [-0.1, -0.05) is 6.92 Å². The lowest BCUT2D eigenvalue weighted by Gasteiger charge is -2.11. The Morgan fingerprint density at radius 3 is 2.38 bits per heavy atom. The Hall–Kier alpha value is -1.10. The first-order chi connectivity index (χ1) is 6.00. The molecule has 5 heteroatoms. The van der Waals surface area contributed by atoms with Gasteiger partial charge in [0.25, 0.3) is 0 Å². The summed E-state index contributed by atoms with van der Waals surface area (Å²) >= 11 is 0. The van der Waals surface area contributed by atoms with E-state index in [2.05, 4.69) is 0 Å². The summed E-state index contributed by atoms with van der Waals surface area (Å²) in [4.78, 5) is 23.4. The van der Waals surface area contributed by atoms with Gasteiger partial charge in [0.05, 0.1) is 12.5 Å². The van der Waals surface area contributed by atoms with Gasteiger partial charge < -0.3 is 11.5 Å². The lowest BCUT2D eigenvalue weighted by atomic mass is 9.98. The average molecular weight is 185 g/mol. The molecule has 1 aliphatic heterocycles. The zero-order valence-corrected chi connectivity index (χ0v) is 7.69. The predicted molar refractivity (Wildman–Crippen MR) is 47.5 cm³/mol. The molecule has 74 valence electrons. The minimum atomic E-state index is -0.364. The molecule has 0 aromatic heterocycles. The summed E-state index contributed by atoms with van der Waals surface area (Å²) in [5, 5.41) is 0. The average Bonchev–Trinajstić information content (AvgIpc) is 2.29. The first-order valence-electron chi connectivity index (χ1n) is 4.30. The fraction of sp³-hybridized carbons (Fsp3) is 0.750. The Morgan fingerprint density at radius 2 is 2.00 bits per heavy atom. The molecule has 2 amide bonds. The standard InChI is InChI=1S/C8H15N3O2/c1-5-2-11(4-7(9)12)3-6(5)8(10)13/h5-6H,2-4H2,1H3,(H2,9,12)(H2,10,13)/t5-,6-/m1/s1. The minimum Gasteiger partial charge on any atom is -0.369 e. The molecular weight excluding hydrogens is 170 g/mol. The summed E-state index contributed by atoms with van der Waals surface area (Å²) in [6.07, 6.45) is 0. The van der Waals surface area contributed by atoms with Crippen molar-refractivity contribution < 1.29 is 9.59 Å². The lowest BCUT2D eigenvalue weighted by molar-refractivity contribution is -0.123. The number of hydrogen-bond acceptors (Lipinski definition) is 3. The molecule has 1 heterocycles. The van der Waals surface area contributed by atoms with Crippen LogP contribution in [0.3, 0.4) is 0 Å². The van der Waals surface area contributed by atoms with E-state index in [0.717, 1.165) is 6.54 Å². The van der Waals surface area contributed by atoms with E-state index in [1.54, 1.807) is 0 Å². The van der Waals surface area contributed by atoms with E-state index >= 15 is 0 Å². The highest BCUT2D eigenvalue weighted by molar-refractivity contribution is 5.78. The molecule has 0 unspecified atom stereocenters. The summed E-state index contributed by atoms with van der Waals surface area (Å²) in [7, 11) is 0. The van der Waals surface area contributed by atoms with E-state index in [4.69, 9.17) is 11.5 Å². The van der Waals surface area contributed by atoms with Gasteiger partial charge in [0.2, 0.25) is 11.8 Å². The van der Waals surface area contributed by atoms with Crippen LogP contribution >= 0.6 is 0 Å². The molecule has 4 N–H and O–H groups in total. The van der Waals surface area contributed by atoms with Crippen LogP contribution in [0.25, 0.3) is 0 Å².